The number of carboxylic acid groups (broad SMARTS) is 1. The highest BCUT2D eigenvalue weighted by Crippen LogP contribution is 2.46. The predicted molar refractivity (Wildman–Crippen MR) is 172 cm³/mol. The molecule has 2 heterocycles. The first-order valence-electron chi connectivity index (χ1n) is 15.1. The van der Waals surface area contributed by atoms with E-state index >= 15 is 0 Å². The summed E-state index contributed by atoms with van der Waals surface area (Å²) < 4.78 is 37.0. The summed E-state index contributed by atoms with van der Waals surface area (Å²) in [4.78, 5) is 66.7. The van der Waals surface area contributed by atoms with E-state index in [0.717, 1.165) is 11.1 Å². The van der Waals surface area contributed by atoms with Gasteiger partial charge in [0.05, 0.1) is 25.5 Å². The number of likely N-dealkylation sites (tertiary alicyclic amines) is 1. The third-order valence-electron chi connectivity index (χ3n) is 8.33. The van der Waals surface area contributed by atoms with Gasteiger partial charge < -0.3 is 20.1 Å². The predicted octanol–water partition coefficient (Wildman–Crippen LogP) is 4.75. The largest absolute Gasteiger partial charge is 0.490 e. The molecule has 0 aliphatic carbocycles. The second kappa shape index (κ2) is 15.5. The van der Waals surface area contributed by atoms with Crippen LogP contribution in [0, 0.1) is 11.8 Å². The van der Waals surface area contributed by atoms with Crippen LogP contribution in [0.3, 0.4) is 0 Å². The van der Waals surface area contributed by atoms with E-state index in [2.05, 4.69) is 10.6 Å². The summed E-state index contributed by atoms with van der Waals surface area (Å²) in [5.74, 6) is -6.07. The third-order valence-corrected chi connectivity index (χ3v) is 8.58. The number of ether oxygens (including phenoxy) is 1. The van der Waals surface area contributed by atoms with Crippen molar-refractivity contribution in [1.29, 1.82) is 0 Å². The Labute approximate surface area is 285 Å². The Balaban J connectivity index is 0.000000698. The number of rotatable bonds is 9. The SMILES string of the molecule is CCN(C[C@H]1N[C@@](Cc2ccccc2)(C(=O)OC)[C@H]2C(=O)N(Cc3ccccc3)C(=O)[C@@H]12)C(=O)Nc1ccc(Cl)cc1.O=C(O)C(F)(F)F. The fourth-order valence-electron chi connectivity index (χ4n) is 6.11. The first-order chi connectivity index (χ1) is 23.2. The topological polar surface area (TPSA) is 145 Å². The molecular formula is C34H34ClF3N4O7. The number of nitrogens with zero attached hydrogens (tertiary/aromatic N) is 2. The van der Waals surface area contributed by atoms with E-state index in [4.69, 9.17) is 26.2 Å². The molecule has 15 heteroatoms. The summed E-state index contributed by atoms with van der Waals surface area (Å²) in [5, 5.41) is 13.9. The molecule has 0 spiro atoms. The van der Waals surface area contributed by atoms with E-state index in [1.54, 1.807) is 29.2 Å². The molecule has 5 rings (SSSR count). The van der Waals surface area contributed by atoms with Crippen molar-refractivity contribution < 1.29 is 47.0 Å². The van der Waals surface area contributed by atoms with Crippen molar-refractivity contribution in [2.75, 3.05) is 25.5 Å². The van der Waals surface area contributed by atoms with Gasteiger partial charge in [-0.05, 0) is 42.3 Å². The van der Waals surface area contributed by atoms with Crippen molar-refractivity contribution in [3.05, 3.63) is 101 Å². The Morgan fingerprint density at radius 2 is 1.51 bits per heavy atom. The van der Waals surface area contributed by atoms with Crippen molar-refractivity contribution in [3.8, 4) is 0 Å². The minimum absolute atomic E-state index is 0.0861. The van der Waals surface area contributed by atoms with E-state index in [0.29, 0.717) is 17.3 Å². The lowest BCUT2D eigenvalue weighted by Crippen LogP contribution is -2.60. The molecule has 49 heavy (non-hydrogen) atoms. The number of halogens is 4. The minimum Gasteiger partial charge on any atom is -0.475 e. The summed E-state index contributed by atoms with van der Waals surface area (Å²) in [6, 6.07) is 24.2. The van der Waals surface area contributed by atoms with Gasteiger partial charge in [0, 0.05) is 36.3 Å². The van der Waals surface area contributed by atoms with Gasteiger partial charge in [0.2, 0.25) is 11.8 Å². The molecule has 0 unspecified atom stereocenters. The second-order valence-electron chi connectivity index (χ2n) is 11.4. The van der Waals surface area contributed by atoms with Gasteiger partial charge in [-0.3, -0.25) is 24.6 Å². The Bertz CT molecular complexity index is 1660. The maximum atomic E-state index is 14.1. The number of methoxy groups -OCH3 is 1. The van der Waals surface area contributed by atoms with Crippen molar-refractivity contribution in [2.45, 2.75) is 37.6 Å². The minimum atomic E-state index is -5.08. The monoisotopic (exact) mass is 702 g/mol. The van der Waals surface area contributed by atoms with E-state index in [9.17, 15) is 32.3 Å². The molecule has 3 N–H and O–H groups in total. The zero-order valence-electron chi connectivity index (χ0n) is 26.4. The molecule has 0 saturated carbocycles. The number of alkyl halides is 3. The number of imide groups is 1. The summed E-state index contributed by atoms with van der Waals surface area (Å²) in [7, 11) is 1.28. The molecule has 0 aromatic heterocycles. The summed E-state index contributed by atoms with van der Waals surface area (Å²) in [6.07, 6.45) is -4.94. The quantitative estimate of drug-likeness (QED) is 0.214. The standard InChI is InChI=1S/C32H33ClN4O5.C2HF3O2/c1-3-36(31(41)34-24-16-14-23(33)15-17-24)20-25-26-27(29(39)37(28(26)38)19-22-12-8-5-9-13-22)32(35-25,30(40)42-2)18-21-10-6-4-7-11-21;3-2(4,5)1(6)7/h4-17,25-27,35H,3,18-20H2,1-2H3,(H,34,41);(H,6,7)/t25-,26+,27-,32-;/m1./s1. The first kappa shape index (κ1) is 36.9. The molecule has 11 nitrogen and oxygen atoms in total. The molecule has 4 amide bonds. The molecule has 2 saturated heterocycles. The normalized spacial score (nSPS) is 21.3. The lowest BCUT2D eigenvalue weighted by molar-refractivity contribution is -0.192. The van der Waals surface area contributed by atoms with Crippen LogP contribution in [0.15, 0.2) is 84.9 Å². The first-order valence-corrected chi connectivity index (χ1v) is 15.5. The maximum absolute atomic E-state index is 14.1. The van der Waals surface area contributed by atoms with E-state index in [1.807, 2.05) is 67.6 Å². The van der Waals surface area contributed by atoms with Crippen LogP contribution >= 0.6 is 11.6 Å². The molecule has 3 aromatic carbocycles. The maximum Gasteiger partial charge on any atom is 0.490 e. The number of anilines is 1. The smallest absolute Gasteiger partial charge is 0.475 e. The summed E-state index contributed by atoms with van der Waals surface area (Å²) >= 11 is 5.98. The highest BCUT2D eigenvalue weighted by molar-refractivity contribution is 6.30. The number of esters is 1. The Morgan fingerprint density at radius 1 is 0.959 bits per heavy atom. The average Bonchev–Trinajstić information content (AvgIpc) is 3.53. The van der Waals surface area contributed by atoms with E-state index < -0.39 is 47.4 Å². The van der Waals surface area contributed by atoms with Crippen molar-refractivity contribution in [1.82, 2.24) is 15.1 Å². The van der Waals surface area contributed by atoms with Gasteiger partial charge in [-0.2, -0.15) is 13.2 Å². The van der Waals surface area contributed by atoms with Crippen molar-refractivity contribution in [3.63, 3.8) is 0 Å². The molecule has 260 valence electrons. The fraction of sp³-hybridized carbons (Fsp3) is 0.324. The van der Waals surface area contributed by atoms with Crippen LogP contribution in [-0.4, -0.2) is 82.6 Å². The number of hydrogen-bond acceptors (Lipinski definition) is 7. The van der Waals surface area contributed by atoms with Gasteiger partial charge in [0.25, 0.3) is 0 Å². The van der Waals surface area contributed by atoms with Gasteiger partial charge in [-0.25, -0.2) is 9.59 Å². The molecular weight excluding hydrogens is 669 g/mol. The molecule has 0 radical (unpaired) electrons. The Morgan fingerprint density at radius 3 is 2.02 bits per heavy atom. The Kier molecular flexibility index (Phi) is 11.7. The highest BCUT2D eigenvalue weighted by atomic mass is 35.5. The number of hydrogen-bond donors (Lipinski definition) is 3. The molecule has 2 fully saturated rings. The number of likely N-dealkylation sites (N-methyl/N-ethyl adjacent to an activating group) is 1. The van der Waals surface area contributed by atoms with Gasteiger partial charge >= 0.3 is 24.1 Å². The number of carbonyl (C=O) groups is 5. The van der Waals surface area contributed by atoms with Crippen molar-refractivity contribution >= 4 is 47.1 Å². The zero-order valence-corrected chi connectivity index (χ0v) is 27.2. The average molecular weight is 703 g/mol. The van der Waals surface area contributed by atoms with Crippen LogP contribution in [0.25, 0.3) is 0 Å². The van der Waals surface area contributed by atoms with Crippen LogP contribution < -0.4 is 10.6 Å². The lowest BCUT2D eigenvalue weighted by Gasteiger charge is -2.33. The van der Waals surface area contributed by atoms with E-state index in [-0.39, 0.29) is 31.4 Å². The van der Waals surface area contributed by atoms with Crippen LogP contribution in [0.1, 0.15) is 18.1 Å². The molecule has 2 aliphatic rings. The second-order valence-corrected chi connectivity index (χ2v) is 11.8. The molecule has 4 atom stereocenters. The fourth-order valence-corrected chi connectivity index (χ4v) is 6.24. The van der Waals surface area contributed by atoms with Crippen LogP contribution in [0.5, 0.6) is 0 Å². The summed E-state index contributed by atoms with van der Waals surface area (Å²) in [6.45, 7) is 2.34. The van der Waals surface area contributed by atoms with E-state index in [1.165, 1.54) is 12.0 Å². The number of urea groups is 1. The van der Waals surface area contributed by atoms with Gasteiger partial charge in [0.1, 0.15) is 5.54 Å². The number of benzene rings is 3. The number of carbonyl (C=O) groups excluding carboxylic acids is 4. The number of fused-ring (bicyclic) bond motifs is 1. The number of amides is 4. The highest BCUT2D eigenvalue weighted by Gasteiger charge is 2.68. The van der Waals surface area contributed by atoms with Crippen LogP contribution in [-0.2, 0) is 36.9 Å². The van der Waals surface area contributed by atoms with Crippen LogP contribution in [0.4, 0.5) is 23.7 Å². The van der Waals surface area contributed by atoms with Crippen LogP contribution in [0.2, 0.25) is 5.02 Å². The Hall–Kier alpha value is -4.95. The lowest BCUT2D eigenvalue weighted by atomic mass is 9.76. The van der Waals surface area contributed by atoms with Gasteiger partial charge in [0.15, 0.2) is 0 Å². The number of carboxylic acids is 1. The van der Waals surface area contributed by atoms with Crippen molar-refractivity contribution in [2.24, 2.45) is 11.8 Å². The zero-order chi connectivity index (χ0) is 35.9. The third kappa shape index (κ3) is 8.38. The van der Waals surface area contributed by atoms with Gasteiger partial charge in [-0.1, -0.05) is 72.3 Å². The molecule has 3 aromatic rings. The molecule has 2 aliphatic heterocycles. The van der Waals surface area contributed by atoms with Gasteiger partial charge in [-0.15, -0.1) is 0 Å². The molecule has 0 bridgehead atoms. The summed E-state index contributed by atoms with van der Waals surface area (Å²) in [5.41, 5.74) is 0.668. The number of aliphatic carboxylic acids is 1. The number of nitrogens with one attached hydrogen (secondary N) is 2.